The number of nitrogens with one attached hydrogen (secondary N) is 2. The second-order valence-corrected chi connectivity index (χ2v) is 3.33. The van der Waals surface area contributed by atoms with Gasteiger partial charge >= 0.3 is 5.69 Å². The van der Waals surface area contributed by atoms with Crippen molar-refractivity contribution in [2.45, 2.75) is 6.92 Å². The summed E-state index contributed by atoms with van der Waals surface area (Å²) >= 11 is 0. The first-order valence-corrected chi connectivity index (χ1v) is 4.71. The average molecular weight is 217 g/mol. The zero-order valence-corrected chi connectivity index (χ0v) is 8.69. The second-order valence-electron chi connectivity index (χ2n) is 3.33. The summed E-state index contributed by atoms with van der Waals surface area (Å²) in [5.41, 5.74) is 7.17. The highest BCUT2D eigenvalue weighted by Crippen LogP contribution is 2.17. The van der Waals surface area contributed by atoms with Gasteiger partial charge in [-0.2, -0.15) is 10.1 Å². The summed E-state index contributed by atoms with van der Waals surface area (Å²) in [6.07, 6.45) is 0. The summed E-state index contributed by atoms with van der Waals surface area (Å²) in [6.45, 7) is 1.75. The molecule has 6 heteroatoms. The molecule has 4 N–H and O–H groups in total. The van der Waals surface area contributed by atoms with Crippen LogP contribution in [0.15, 0.2) is 29.1 Å². The van der Waals surface area contributed by atoms with E-state index in [1.165, 1.54) is 0 Å². The predicted octanol–water partition coefficient (Wildman–Crippen LogP) is 0.799. The van der Waals surface area contributed by atoms with Crippen molar-refractivity contribution in [3.8, 4) is 0 Å². The van der Waals surface area contributed by atoms with Crippen molar-refractivity contribution >= 4 is 17.2 Å². The number of anilines is 3. The summed E-state index contributed by atoms with van der Waals surface area (Å²) in [7, 11) is 0. The van der Waals surface area contributed by atoms with E-state index in [1.54, 1.807) is 19.1 Å². The van der Waals surface area contributed by atoms with Gasteiger partial charge in [0, 0.05) is 11.4 Å². The maximum absolute atomic E-state index is 11.0. The summed E-state index contributed by atoms with van der Waals surface area (Å²) in [5, 5.41) is 9.04. The minimum absolute atomic E-state index is 0.425. The Morgan fingerprint density at radius 2 is 2.25 bits per heavy atom. The van der Waals surface area contributed by atoms with Crippen LogP contribution in [-0.2, 0) is 0 Å². The van der Waals surface area contributed by atoms with Crippen LogP contribution in [0.1, 0.15) is 5.69 Å². The number of H-pyrrole nitrogens is 1. The predicted molar refractivity (Wildman–Crippen MR) is 61.5 cm³/mol. The smallest absolute Gasteiger partial charge is 0.363 e. The third-order valence-electron chi connectivity index (χ3n) is 2.02. The average Bonchev–Trinajstić information content (AvgIpc) is 2.24. The fourth-order valence-corrected chi connectivity index (χ4v) is 1.26. The van der Waals surface area contributed by atoms with E-state index >= 15 is 0 Å². The third kappa shape index (κ3) is 2.17. The first-order chi connectivity index (χ1) is 7.65. The lowest BCUT2D eigenvalue weighted by molar-refractivity contribution is 0.885. The van der Waals surface area contributed by atoms with Crippen LogP contribution >= 0.6 is 0 Å². The van der Waals surface area contributed by atoms with Gasteiger partial charge < -0.3 is 11.1 Å². The highest BCUT2D eigenvalue weighted by atomic mass is 16.1. The molecule has 0 saturated carbocycles. The van der Waals surface area contributed by atoms with Crippen molar-refractivity contribution in [2.24, 2.45) is 0 Å². The molecular weight excluding hydrogens is 206 g/mol. The molecule has 0 spiro atoms. The normalized spacial score (nSPS) is 10.1. The lowest BCUT2D eigenvalue weighted by Gasteiger charge is -2.06. The molecule has 16 heavy (non-hydrogen) atoms. The molecule has 0 fully saturated rings. The minimum Gasteiger partial charge on any atom is -0.399 e. The molecular formula is C10H11N5O. The molecule has 0 aliphatic rings. The number of aromatic nitrogens is 3. The number of benzene rings is 1. The number of aromatic amines is 1. The monoisotopic (exact) mass is 217 g/mol. The van der Waals surface area contributed by atoms with Crippen LogP contribution in [0.3, 0.4) is 0 Å². The Labute approximate surface area is 91.5 Å². The number of nitrogen functional groups attached to an aromatic ring is 1. The Bertz CT molecular complexity index is 563. The van der Waals surface area contributed by atoms with Crippen LogP contribution in [-0.4, -0.2) is 15.2 Å². The first-order valence-electron chi connectivity index (χ1n) is 4.71. The minimum atomic E-state index is -0.489. The van der Waals surface area contributed by atoms with Gasteiger partial charge in [-0.1, -0.05) is 6.07 Å². The van der Waals surface area contributed by atoms with Crippen LogP contribution in [0.4, 0.5) is 17.2 Å². The van der Waals surface area contributed by atoms with Crippen LogP contribution in [0.25, 0.3) is 0 Å². The third-order valence-corrected chi connectivity index (χ3v) is 2.02. The Balaban J connectivity index is 2.33. The first kappa shape index (κ1) is 10.2. The van der Waals surface area contributed by atoms with Gasteiger partial charge in [0.15, 0.2) is 5.82 Å². The second kappa shape index (κ2) is 4.01. The number of hydrogen-bond acceptors (Lipinski definition) is 5. The van der Waals surface area contributed by atoms with Crippen molar-refractivity contribution in [3.63, 3.8) is 0 Å². The Kier molecular flexibility index (Phi) is 2.55. The zero-order chi connectivity index (χ0) is 11.5. The molecule has 2 aromatic rings. The maximum atomic E-state index is 11.0. The molecule has 2 rings (SSSR count). The zero-order valence-electron chi connectivity index (χ0n) is 8.69. The molecule has 0 aliphatic heterocycles. The highest BCUT2D eigenvalue weighted by Gasteiger charge is 2.02. The van der Waals surface area contributed by atoms with Crippen molar-refractivity contribution in [2.75, 3.05) is 11.1 Å². The Hall–Kier alpha value is -2.37. The van der Waals surface area contributed by atoms with Gasteiger partial charge in [-0.25, -0.2) is 9.89 Å². The van der Waals surface area contributed by atoms with Gasteiger partial charge in [0.05, 0.1) is 0 Å². The van der Waals surface area contributed by atoms with Gasteiger partial charge in [-0.15, -0.1) is 0 Å². The molecule has 6 nitrogen and oxygen atoms in total. The SMILES string of the molecule is Cc1n[nH]c(=O)nc1Nc1cccc(N)c1. The molecule has 0 bridgehead atoms. The summed E-state index contributed by atoms with van der Waals surface area (Å²) in [5.74, 6) is 0.425. The molecule has 0 unspecified atom stereocenters. The fraction of sp³-hybridized carbons (Fsp3) is 0.100. The number of aryl methyl sites for hydroxylation is 1. The summed E-state index contributed by atoms with van der Waals surface area (Å²) in [4.78, 5) is 14.8. The number of nitrogens with two attached hydrogens (primary N) is 1. The van der Waals surface area contributed by atoms with Crippen LogP contribution in [0.5, 0.6) is 0 Å². The van der Waals surface area contributed by atoms with Gasteiger partial charge in [0.25, 0.3) is 0 Å². The van der Waals surface area contributed by atoms with E-state index in [0.717, 1.165) is 5.69 Å². The quantitative estimate of drug-likeness (QED) is 0.646. The van der Waals surface area contributed by atoms with Crippen LogP contribution in [0, 0.1) is 6.92 Å². The number of rotatable bonds is 2. The number of hydrogen-bond donors (Lipinski definition) is 3. The van der Waals surface area contributed by atoms with Crippen molar-refractivity contribution < 1.29 is 0 Å². The molecule has 0 amide bonds. The summed E-state index contributed by atoms with van der Waals surface area (Å²) in [6, 6.07) is 7.18. The highest BCUT2D eigenvalue weighted by molar-refractivity contribution is 5.61. The maximum Gasteiger partial charge on any atom is 0.363 e. The van der Waals surface area contributed by atoms with E-state index in [-0.39, 0.29) is 0 Å². The lowest BCUT2D eigenvalue weighted by Crippen LogP contribution is -2.15. The fourth-order valence-electron chi connectivity index (χ4n) is 1.26. The largest absolute Gasteiger partial charge is 0.399 e. The molecule has 0 atom stereocenters. The summed E-state index contributed by atoms with van der Waals surface area (Å²) < 4.78 is 0. The topological polar surface area (TPSA) is 96.7 Å². The van der Waals surface area contributed by atoms with Crippen LogP contribution < -0.4 is 16.7 Å². The molecule has 1 aromatic carbocycles. The molecule has 0 radical (unpaired) electrons. The van der Waals surface area contributed by atoms with E-state index in [4.69, 9.17) is 5.73 Å². The molecule has 82 valence electrons. The van der Waals surface area contributed by atoms with Crippen molar-refractivity contribution in [1.29, 1.82) is 0 Å². The van der Waals surface area contributed by atoms with E-state index in [0.29, 0.717) is 17.2 Å². The van der Waals surface area contributed by atoms with Gasteiger partial charge in [-0.3, -0.25) is 0 Å². The van der Waals surface area contributed by atoms with Gasteiger partial charge in [-0.05, 0) is 25.1 Å². The van der Waals surface area contributed by atoms with E-state index in [1.807, 2.05) is 12.1 Å². The lowest BCUT2D eigenvalue weighted by atomic mass is 10.3. The van der Waals surface area contributed by atoms with Crippen LogP contribution in [0.2, 0.25) is 0 Å². The van der Waals surface area contributed by atoms with Gasteiger partial charge in [0.1, 0.15) is 5.69 Å². The van der Waals surface area contributed by atoms with Gasteiger partial charge in [0.2, 0.25) is 0 Å². The molecule has 1 heterocycles. The molecule has 0 aliphatic carbocycles. The molecule has 0 saturated heterocycles. The van der Waals surface area contributed by atoms with Crippen molar-refractivity contribution in [3.05, 3.63) is 40.4 Å². The van der Waals surface area contributed by atoms with E-state index in [9.17, 15) is 4.79 Å². The van der Waals surface area contributed by atoms with E-state index in [2.05, 4.69) is 20.5 Å². The van der Waals surface area contributed by atoms with E-state index < -0.39 is 5.69 Å². The van der Waals surface area contributed by atoms with Crippen molar-refractivity contribution in [1.82, 2.24) is 15.2 Å². The number of nitrogens with zero attached hydrogens (tertiary/aromatic N) is 2. The Morgan fingerprint density at radius 1 is 1.44 bits per heavy atom. The molecule has 1 aromatic heterocycles. The Morgan fingerprint density at radius 3 is 3.00 bits per heavy atom. The standard InChI is InChI=1S/C10H11N5O/c1-6-9(13-10(16)15-14-6)12-8-4-2-3-7(11)5-8/h2-5H,11H2,1H3,(H2,12,13,15,16).